The van der Waals surface area contributed by atoms with Crippen LogP contribution >= 0.6 is 31.9 Å². The van der Waals surface area contributed by atoms with Gasteiger partial charge in [-0.05, 0) is 77.6 Å². The van der Waals surface area contributed by atoms with Gasteiger partial charge in [0.2, 0.25) is 11.8 Å². The fraction of sp³-hybridized carbons (Fsp3) is 0.357. The molecule has 0 radical (unpaired) electrons. The molecule has 2 N–H and O–H groups in total. The quantitative estimate of drug-likeness (QED) is 0.352. The number of hydrogen-bond acceptors (Lipinski definition) is 2. The molecule has 2 amide bonds. The highest BCUT2D eigenvalue weighted by atomic mass is 79.9. The molecular weight excluding hydrogens is 556 g/mol. The Labute approximate surface area is 219 Å². The Bertz CT molecular complexity index is 1060. The van der Waals surface area contributed by atoms with E-state index in [0.29, 0.717) is 6.54 Å². The van der Waals surface area contributed by atoms with Crippen molar-refractivity contribution in [1.82, 2.24) is 10.6 Å². The molecule has 0 aliphatic heterocycles. The molecule has 2 aromatic rings. The highest BCUT2D eigenvalue weighted by Crippen LogP contribution is 2.45. The zero-order valence-electron chi connectivity index (χ0n) is 19.9. The molecule has 2 aromatic carbocycles. The minimum atomic E-state index is -0.106. The van der Waals surface area contributed by atoms with Crippen molar-refractivity contribution in [2.45, 2.75) is 46.1 Å². The number of hydrogen-bond donors (Lipinski definition) is 2. The molecule has 0 spiro atoms. The molecule has 0 saturated heterocycles. The van der Waals surface area contributed by atoms with Crippen molar-refractivity contribution in [3.63, 3.8) is 0 Å². The SMILES string of the molecule is CC1(C)CC(NC(=O)/C=C/c2ccc(Br)cc2)CC(C)(CNC(=O)/C=C/c2ccc(Br)cc2)C1. The maximum atomic E-state index is 12.6. The minimum absolute atomic E-state index is 0.0611. The van der Waals surface area contributed by atoms with Crippen molar-refractivity contribution < 1.29 is 9.59 Å². The molecule has 1 aliphatic carbocycles. The summed E-state index contributed by atoms with van der Waals surface area (Å²) in [6.07, 6.45) is 9.53. The van der Waals surface area contributed by atoms with Crippen LogP contribution in [0, 0.1) is 10.8 Å². The molecule has 4 nitrogen and oxygen atoms in total. The van der Waals surface area contributed by atoms with Gasteiger partial charge in [-0.15, -0.1) is 0 Å². The van der Waals surface area contributed by atoms with Gasteiger partial charge in [-0.25, -0.2) is 0 Å². The van der Waals surface area contributed by atoms with E-state index in [1.165, 1.54) is 0 Å². The summed E-state index contributed by atoms with van der Waals surface area (Å²) in [7, 11) is 0. The van der Waals surface area contributed by atoms with Crippen LogP contribution < -0.4 is 10.6 Å². The van der Waals surface area contributed by atoms with Crippen LogP contribution in [0.4, 0.5) is 0 Å². The van der Waals surface area contributed by atoms with Gasteiger partial charge in [0.05, 0.1) is 0 Å². The lowest BCUT2D eigenvalue weighted by atomic mass is 9.62. The Morgan fingerprint density at radius 2 is 1.35 bits per heavy atom. The predicted octanol–water partition coefficient (Wildman–Crippen LogP) is 6.76. The van der Waals surface area contributed by atoms with Gasteiger partial charge < -0.3 is 10.6 Å². The van der Waals surface area contributed by atoms with Crippen molar-refractivity contribution in [3.8, 4) is 0 Å². The first kappa shape index (κ1) is 26.4. The fourth-order valence-electron chi connectivity index (χ4n) is 4.97. The molecule has 0 aromatic heterocycles. The molecule has 0 bridgehead atoms. The second kappa shape index (κ2) is 11.5. The van der Waals surface area contributed by atoms with E-state index in [2.05, 4.69) is 63.3 Å². The van der Waals surface area contributed by atoms with Crippen LogP contribution in [-0.2, 0) is 9.59 Å². The summed E-state index contributed by atoms with van der Waals surface area (Å²) < 4.78 is 2.01. The van der Waals surface area contributed by atoms with E-state index < -0.39 is 0 Å². The van der Waals surface area contributed by atoms with Crippen LogP contribution in [0.1, 0.15) is 51.2 Å². The topological polar surface area (TPSA) is 58.2 Å². The minimum Gasteiger partial charge on any atom is -0.352 e. The smallest absolute Gasteiger partial charge is 0.244 e. The number of carbonyl (C=O) groups excluding carboxylic acids is 2. The molecule has 34 heavy (non-hydrogen) atoms. The van der Waals surface area contributed by atoms with Gasteiger partial charge in [-0.2, -0.15) is 0 Å². The van der Waals surface area contributed by atoms with E-state index in [9.17, 15) is 9.59 Å². The van der Waals surface area contributed by atoms with Crippen molar-refractivity contribution in [3.05, 3.63) is 80.8 Å². The van der Waals surface area contributed by atoms with Gasteiger partial charge in [0, 0.05) is 33.7 Å². The molecule has 1 aliphatic rings. The Morgan fingerprint density at radius 3 is 1.88 bits per heavy atom. The number of amides is 2. The normalized spacial score (nSPS) is 22.1. The maximum absolute atomic E-state index is 12.6. The molecule has 1 saturated carbocycles. The number of benzene rings is 2. The Hall–Kier alpha value is -2.18. The number of halogens is 2. The summed E-state index contributed by atoms with van der Waals surface area (Å²) in [4.78, 5) is 25.0. The lowest BCUT2D eigenvalue weighted by molar-refractivity contribution is -0.119. The van der Waals surface area contributed by atoms with Crippen LogP contribution in [0.2, 0.25) is 0 Å². The predicted molar refractivity (Wildman–Crippen MR) is 147 cm³/mol. The molecule has 1 fully saturated rings. The Morgan fingerprint density at radius 1 is 0.853 bits per heavy atom. The van der Waals surface area contributed by atoms with Gasteiger partial charge in [-0.1, -0.05) is 76.9 Å². The lowest BCUT2D eigenvalue weighted by Crippen LogP contribution is -2.50. The Kier molecular flexibility index (Phi) is 8.94. The van der Waals surface area contributed by atoms with E-state index in [1.807, 2.05) is 60.7 Å². The van der Waals surface area contributed by atoms with Crippen molar-refractivity contribution in [1.29, 1.82) is 0 Å². The van der Waals surface area contributed by atoms with Gasteiger partial charge in [0.15, 0.2) is 0 Å². The molecule has 6 heteroatoms. The van der Waals surface area contributed by atoms with Crippen LogP contribution in [0.15, 0.2) is 69.6 Å². The number of carbonyl (C=O) groups is 2. The van der Waals surface area contributed by atoms with Crippen molar-refractivity contribution in [2.75, 3.05) is 6.54 Å². The van der Waals surface area contributed by atoms with E-state index in [0.717, 1.165) is 39.3 Å². The summed E-state index contributed by atoms with van der Waals surface area (Å²) in [6, 6.07) is 15.7. The summed E-state index contributed by atoms with van der Waals surface area (Å²) in [5.41, 5.74) is 1.92. The van der Waals surface area contributed by atoms with Gasteiger partial charge in [-0.3, -0.25) is 9.59 Å². The molecular formula is C28H32Br2N2O2. The molecule has 2 atom stereocenters. The van der Waals surface area contributed by atoms with E-state index in [-0.39, 0.29) is 28.7 Å². The monoisotopic (exact) mass is 586 g/mol. The second-order valence-corrected chi connectivity index (χ2v) is 12.1. The average molecular weight is 588 g/mol. The molecule has 180 valence electrons. The largest absolute Gasteiger partial charge is 0.352 e. The van der Waals surface area contributed by atoms with Gasteiger partial charge in [0.1, 0.15) is 0 Å². The van der Waals surface area contributed by atoms with Crippen LogP contribution in [0.25, 0.3) is 12.2 Å². The summed E-state index contributed by atoms with van der Waals surface area (Å²) >= 11 is 6.84. The summed E-state index contributed by atoms with van der Waals surface area (Å²) in [5, 5.41) is 6.26. The van der Waals surface area contributed by atoms with Crippen LogP contribution in [0.3, 0.4) is 0 Å². The first-order valence-corrected chi connectivity index (χ1v) is 13.1. The van der Waals surface area contributed by atoms with E-state index in [4.69, 9.17) is 0 Å². The summed E-state index contributed by atoms with van der Waals surface area (Å²) in [6.45, 7) is 7.23. The number of nitrogens with one attached hydrogen (secondary N) is 2. The van der Waals surface area contributed by atoms with E-state index >= 15 is 0 Å². The maximum Gasteiger partial charge on any atom is 0.244 e. The molecule has 0 heterocycles. The highest BCUT2D eigenvalue weighted by Gasteiger charge is 2.41. The molecule has 3 rings (SSSR count). The van der Waals surface area contributed by atoms with Crippen molar-refractivity contribution >= 4 is 55.8 Å². The fourth-order valence-corrected chi connectivity index (χ4v) is 5.50. The highest BCUT2D eigenvalue weighted by molar-refractivity contribution is 9.10. The second-order valence-electron chi connectivity index (χ2n) is 10.3. The van der Waals surface area contributed by atoms with E-state index in [1.54, 1.807) is 12.2 Å². The summed E-state index contributed by atoms with van der Waals surface area (Å²) in [5.74, 6) is -0.194. The molecule has 2 unspecified atom stereocenters. The average Bonchev–Trinajstić information content (AvgIpc) is 2.75. The van der Waals surface area contributed by atoms with Crippen LogP contribution in [0.5, 0.6) is 0 Å². The zero-order chi connectivity index (χ0) is 24.8. The van der Waals surface area contributed by atoms with Gasteiger partial charge >= 0.3 is 0 Å². The standard InChI is InChI=1S/C28H32Br2N2O2/c1-27(2)16-24(32-26(34)15-9-21-6-12-23(30)13-7-21)17-28(3,18-27)19-31-25(33)14-8-20-4-10-22(29)11-5-20/h4-15,24H,16-19H2,1-3H3,(H,31,33)(H,32,34)/b14-8+,15-9+. The zero-order valence-corrected chi connectivity index (χ0v) is 23.1. The van der Waals surface area contributed by atoms with Crippen molar-refractivity contribution in [2.24, 2.45) is 10.8 Å². The van der Waals surface area contributed by atoms with Crippen LogP contribution in [-0.4, -0.2) is 24.4 Å². The third kappa shape index (κ3) is 8.55. The Balaban J connectivity index is 1.56. The lowest BCUT2D eigenvalue weighted by Gasteiger charge is -2.46. The third-order valence-electron chi connectivity index (χ3n) is 6.07. The first-order valence-electron chi connectivity index (χ1n) is 11.5. The van der Waals surface area contributed by atoms with Gasteiger partial charge in [0.25, 0.3) is 0 Å². The third-order valence-corrected chi connectivity index (χ3v) is 7.13. The number of rotatable bonds is 7. The first-order chi connectivity index (χ1) is 16.0.